The SMILES string of the molecule is CCS(=O)(=O)CCOc1ccc(CCl)cc1F. The molecule has 0 saturated heterocycles. The second-order valence-corrected chi connectivity index (χ2v) is 6.22. The summed E-state index contributed by atoms with van der Waals surface area (Å²) in [5, 5.41) is 0. The molecule has 0 N–H and O–H groups in total. The van der Waals surface area contributed by atoms with Gasteiger partial charge >= 0.3 is 0 Å². The highest BCUT2D eigenvalue weighted by Crippen LogP contribution is 2.19. The Labute approximate surface area is 105 Å². The fourth-order valence-electron chi connectivity index (χ4n) is 1.17. The van der Waals surface area contributed by atoms with Crippen molar-refractivity contribution in [3.63, 3.8) is 0 Å². The summed E-state index contributed by atoms with van der Waals surface area (Å²) >= 11 is 5.55. The van der Waals surface area contributed by atoms with Crippen molar-refractivity contribution in [1.82, 2.24) is 0 Å². The fraction of sp³-hybridized carbons (Fsp3) is 0.455. The van der Waals surface area contributed by atoms with E-state index < -0.39 is 15.7 Å². The molecule has 1 aromatic rings. The molecule has 0 unspecified atom stereocenters. The van der Waals surface area contributed by atoms with Gasteiger partial charge in [-0.2, -0.15) is 0 Å². The molecule has 0 amide bonds. The van der Waals surface area contributed by atoms with E-state index in [2.05, 4.69) is 0 Å². The second-order valence-electron chi connectivity index (χ2n) is 3.48. The van der Waals surface area contributed by atoms with Gasteiger partial charge in [0.1, 0.15) is 6.61 Å². The van der Waals surface area contributed by atoms with E-state index in [1.54, 1.807) is 13.0 Å². The Kier molecular flexibility index (Phi) is 5.21. The Morgan fingerprint density at radius 1 is 1.41 bits per heavy atom. The van der Waals surface area contributed by atoms with Crippen molar-refractivity contribution in [2.45, 2.75) is 12.8 Å². The monoisotopic (exact) mass is 280 g/mol. The zero-order chi connectivity index (χ0) is 12.9. The summed E-state index contributed by atoms with van der Waals surface area (Å²) in [6.07, 6.45) is 0. The highest BCUT2D eigenvalue weighted by Gasteiger charge is 2.09. The molecule has 0 bridgehead atoms. The smallest absolute Gasteiger partial charge is 0.165 e. The maximum atomic E-state index is 13.4. The first-order valence-electron chi connectivity index (χ1n) is 5.16. The van der Waals surface area contributed by atoms with Gasteiger partial charge in [-0.1, -0.05) is 13.0 Å². The summed E-state index contributed by atoms with van der Waals surface area (Å²) in [6.45, 7) is 1.51. The van der Waals surface area contributed by atoms with E-state index in [1.165, 1.54) is 12.1 Å². The summed E-state index contributed by atoms with van der Waals surface area (Å²) in [5.41, 5.74) is 0.651. The van der Waals surface area contributed by atoms with Crippen LogP contribution in [0.2, 0.25) is 0 Å². The number of rotatable bonds is 6. The van der Waals surface area contributed by atoms with E-state index in [-0.39, 0.29) is 29.7 Å². The summed E-state index contributed by atoms with van der Waals surface area (Å²) in [6, 6.07) is 4.36. The van der Waals surface area contributed by atoms with E-state index in [0.29, 0.717) is 5.56 Å². The van der Waals surface area contributed by atoms with Gasteiger partial charge < -0.3 is 4.74 Å². The third-order valence-corrected chi connectivity index (χ3v) is 4.22. The Bertz CT molecular complexity index is 474. The third kappa shape index (κ3) is 4.52. The number of sulfone groups is 1. The first-order chi connectivity index (χ1) is 7.98. The maximum Gasteiger partial charge on any atom is 0.165 e. The van der Waals surface area contributed by atoms with Crippen molar-refractivity contribution in [2.75, 3.05) is 18.1 Å². The first-order valence-corrected chi connectivity index (χ1v) is 7.51. The van der Waals surface area contributed by atoms with Crippen LogP contribution in [0, 0.1) is 5.82 Å². The Balaban J connectivity index is 2.58. The number of benzene rings is 1. The van der Waals surface area contributed by atoms with Gasteiger partial charge in [0.2, 0.25) is 0 Å². The van der Waals surface area contributed by atoms with Crippen LogP contribution in [0.3, 0.4) is 0 Å². The van der Waals surface area contributed by atoms with E-state index in [1.807, 2.05) is 0 Å². The predicted octanol–water partition coefficient (Wildman–Crippen LogP) is 2.38. The standard InChI is InChI=1S/C11H14ClFO3S/c1-2-17(14,15)6-5-16-11-4-3-9(8-12)7-10(11)13/h3-4,7H,2,5-6,8H2,1H3. The van der Waals surface area contributed by atoms with Crippen LogP contribution in [-0.2, 0) is 15.7 Å². The van der Waals surface area contributed by atoms with Crippen molar-refractivity contribution in [1.29, 1.82) is 0 Å². The molecule has 0 aliphatic rings. The zero-order valence-electron chi connectivity index (χ0n) is 9.45. The molecule has 0 saturated carbocycles. The molecule has 0 aliphatic carbocycles. The van der Waals surface area contributed by atoms with Crippen LogP contribution in [0.15, 0.2) is 18.2 Å². The zero-order valence-corrected chi connectivity index (χ0v) is 11.0. The van der Waals surface area contributed by atoms with Gasteiger partial charge in [-0.15, -0.1) is 11.6 Å². The van der Waals surface area contributed by atoms with E-state index in [9.17, 15) is 12.8 Å². The second kappa shape index (κ2) is 6.21. The van der Waals surface area contributed by atoms with Gasteiger partial charge in [0, 0.05) is 11.6 Å². The number of hydrogen-bond donors (Lipinski definition) is 0. The van der Waals surface area contributed by atoms with Gasteiger partial charge in [-0.3, -0.25) is 0 Å². The lowest BCUT2D eigenvalue weighted by Gasteiger charge is -2.07. The lowest BCUT2D eigenvalue weighted by molar-refractivity contribution is 0.322. The molecule has 96 valence electrons. The molecule has 0 heterocycles. The quantitative estimate of drug-likeness (QED) is 0.752. The number of ether oxygens (including phenoxy) is 1. The minimum Gasteiger partial charge on any atom is -0.489 e. The molecular formula is C11H14ClFO3S. The molecule has 0 atom stereocenters. The molecule has 0 aromatic heterocycles. The Morgan fingerprint density at radius 2 is 2.12 bits per heavy atom. The van der Waals surface area contributed by atoms with Crippen LogP contribution >= 0.6 is 11.6 Å². The van der Waals surface area contributed by atoms with Crippen LogP contribution < -0.4 is 4.74 Å². The van der Waals surface area contributed by atoms with Crippen molar-refractivity contribution in [3.8, 4) is 5.75 Å². The van der Waals surface area contributed by atoms with Gasteiger partial charge in [0.15, 0.2) is 21.4 Å². The normalized spacial score (nSPS) is 11.5. The summed E-state index contributed by atoms with van der Waals surface area (Å²) in [4.78, 5) is 0. The van der Waals surface area contributed by atoms with Crippen LogP contribution in [0.1, 0.15) is 12.5 Å². The van der Waals surface area contributed by atoms with Gasteiger partial charge in [0.25, 0.3) is 0 Å². The molecule has 0 radical (unpaired) electrons. The average molecular weight is 281 g/mol. The van der Waals surface area contributed by atoms with Gasteiger partial charge in [0.05, 0.1) is 5.75 Å². The number of hydrogen-bond acceptors (Lipinski definition) is 3. The highest BCUT2D eigenvalue weighted by molar-refractivity contribution is 7.91. The van der Waals surface area contributed by atoms with Crippen molar-refractivity contribution in [2.24, 2.45) is 0 Å². The molecule has 3 nitrogen and oxygen atoms in total. The van der Waals surface area contributed by atoms with E-state index >= 15 is 0 Å². The van der Waals surface area contributed by atoms with Crippen molar-refractivity contribution in [3.05, 3.63) is 29.6 Å². The van der Waals surface area contributed by atoms with E-state index in [4.69, 9.17) is 16.3 Å². The highest BCUT2D eigenvalue weighted by atomic mass is 35.5. The first kappa shape index (κ1) is 14.3. The van der Waals surface area contributed by atoms with Crippen LogP contribution in [0.25, 0.3) is 0 Å². The summed E-state index contributed by atoms with van der Waals surface area (Å²) < 4.78 is 40.8. The van der Waals surface area contributed by atoms with Crippen molar-refractivity contribution < 1.29 is 17.5 Å². The van der Waals surface area contributed by atoms with Crippen molar-refractivity contribution >= 4 is 21.4 Å². The lowest BCUT2D eigenvalue weighted by Crippen LogP contribution is -2.15. The molecule has 1 aromatic carbocycles. The van der Waals surface area contributed by atoms with Crippen LogP contribution in [0.4, 0.5) is 4.39 Å². The third-order valence-electron chi connectivity index (χ3n) is 2.24. The molecule has 0 aliphatic heterocycles. The summed E-state index contributed by atoms with van der Waals surface area (Å²) in [5.74, 6) is -0.312. The summed E-state index contributed by atoms with van der Waals surface area (Å²) in [7, 11) is -3.08. The fourth-order valence-corrected chi connectivity index (χ4v) is 1.96. The molecule has 17 heavy (non-hydrogen) atoms. The van der Waals surface area contributed by atoms with Gasteiger partial charge in [-0.05, 0) is 17.7 Å². The largest absolute Gasteiger partial charge is 0.489 e. The van der Waals surface area contributed by atoms with E-state index in [0.717, 1.165) is 0 Å². The lowest BCUT2D eigenvalue weighted by atomic mass is 10.2. The van der Waals surface area contributed by atoms with Crippen LogP contribution in [0.5, 0.6) is 5.75 Å². The number of halogens is 2. The van der Waals surface area contributed by atoms with Gasteiger partial charge in [-0.25, -0.2) is 12.8 Å². The maximum absolute atomic E-state index is 13.4. The predicted molar refractivity (Wildman–Crippen MR) is 65.8 cm³/mol. The molecular weight excluding hydrogens is 267 g/mol. The molecule has 1 rings (SSSR count). The topological polar surface area (TPSA) is 43.4 Å². The molecule has 0 fully saturated rings. The number of alkyl halides is 1. The Hall–Kier alpha value is -0.810. The Morgan fingerprint density at radius 3 is 2.65 bits per heavy atom. The average Bonchev–Trinajstić information content (AvgIpc) is 2.31. The van der Waals surface area contributed by atoms with Crippen LogP contribution in [-0.4, -0.2) is 26.5 Å². The minimum atomic E-state index is -3.08. The minimum absolute atomic E-state index is 0.0465. The molecule has 6 heteroatoms. The molecule has 0 spiro atoms.